The first-order valence-electron chi connectivity index (χ1n) is 9.14. The summed E-state index contributed by atoms with van der Waals surface area (Å²) in [5, 5.41) is 8.85. The molecule has 0 aliphatic heterocycles. The fraction of sp³-hybridized carbons (Fsp3) is 0.238. The summed E-state index contributed by atoms with van der Waals surface area (Å²) in [7, 11) is 0. The van der Waals surface area contributed by atoms with Gasteiger partial charge in [0, 0.05) is 22.0 Å². The topological polar surface area (TPSA) is 94.6 Å². The van der Waals surface area contributed by atoms with Crippen molar-refractivity contribution in [2.45, 2.75) is 33.0 Å². The average molecular weight is 445 g/mol. The highest BCUT2D eigenvalue weighted by Gasteiger charge is 2.21. The van der Waals surface area contributed by atoms with Gasteiger partial charge in [-0.15, -0.1) is 11.3 Å². The third-order valence-corrected chi connectivity index (χ3v) is 5.44. The van der Waals surface area contributed by atoms with Gasteiger partial charge in [0.2, 0.25) is 0 Å². The van der Waals surface area contributed by atoms with E-state index in [0.29, 0.717) is 11.3 Å². The largest absolute Gasteiger partial charge is 0.459 e. The summed E-state index contributed by atoms with van der Waals surface area (Å²) < 4.78 is 10.3. The molecule has 3 rings (SSSR count). The van der Waals surface area contributed by atoms with Gasteiger partial charge >= 0.3 is 11.9 Å². The summed E-state index contributed by atoms with van der Waals surface area (Å²) in [4.78, 5) is 40.8. The summed E-state index contributed by atoms with van der Waals surface area (Å²) in [5.41, 5.74) is 1.95. The van der Waals surface area contributed by atoms with Crippen LogP contribution in [0.25, 0.3) is 10.6 Å². The molecule has 0 aliphatic rings. The van der Waals surface area contributed by atoms with Crippen molar-refractivity contribution < 1.29 is 23.9 Å². The lowest BCUT2D eigenvalue weighted by Crippen LogP contribution is -2.30. The first kappa shape index (κ1) is 21.7. The van der Waals surface area contributed by atoms with Crippen molar-refractivity contribution in [1.82, 2.24) is 4.98 Å². The molecule has 1 aromatic carbocycles. The maximum atomic E-state index is 12.3. The van der Waals surface area contributed by atoms with E-state index in [-0.39, 0.29) is 11.8 Å². The Bertz CT molecular complexity index is 1030. The number of nitrogens with zero attached hydrogens (tertiary/aromatic N) is 1. The lowest BCUT2D eigenvalue weighted by molar-refractivity contribution is -0.123. The first-order chi connectivity index (χ1) is 14.3. The van der Waals surface area contributed by atoms with Gasteiger partial charge in [0.05, 0.1) is 11.7 Å². The zero-order chi connectivity index (χ0) is 21.7. The molecule has 3 aromatic rings. The molecular weight excluding hydrogens is 424 g/mol. The predicted octanol–water partition coefficient (Wildman–Crippen LogP) is 4.62. The van der Waals surface area contributed by atoms with Gasteiger partial charge in [-0.2, -0.15) is 11.3 Å². The van der Waals surface area contributed by atoms with Crippen LogP contribution >= 0.6 is 22.7 Å². The Balaban J connectivity index is 1.55. The lowest BCUT2D eigenvalue weighted by Gasteiger charge is -2.13. The monoisotopic (exact) mass is 444 g/mol. The first-order valence-corrected chi connectivity index (χ1v) is 11.0. The van der Waals surface area contributed by atoms with Crippen molar-refractivity contribution in [2.75, 3.05) is 5.32 Å². The molecule has 7 nitrogen and oxygen atoms in total. The van der Waals surface area contributed by atoms with Gasteiger partial charge < -0.3 is 14.8 Å². The van der Waals surface area contributed by atoms with Gasteiger partial charge in [0.25, 0.3) is 5.91 Å². The van der Waals surface area contributed by atoms with Gasteiger partial charge in [-0.3, -0.25) is 4.79 Å². The Kier molecular flexibility index (Phi) is 6.96. The number of esters is 2. The molecule has 0 radical (unpaired) electrons. The standard InChI is InChI=1S/C21H20N2O5S2/c1-12(2)27-20(25)14-4-6-16(7-5-14)22-18(24)13(3)28-21(26)17-11-30-19(23-17)15-8-9-29-10-15/h4-13H,1-3H3,(H,22,24). The number of ether oxygens (including phenoxy) is 2. The van der Waals surface area contributed by atoms with Crippen molar-refractivity contribution in [3.63, 3.8) is 0 Å². The summed E-state index contributed by atoms with van der Waals surface area (Å²) in [6, 6.07) is 8.19. The molecule has 156 valence electrons. The second kappa shape index (κ2) is 9.64. The van der Waals surface area contributed by atoms with E-state index in [1.54, 1.807) is 54.8 Å². The summed E-state index contributed by atoms with van der Waals surface area (Å²) in [6.45, 7) is 5.02. The highest BCUT2D eigenvalue weighted by molar-refractivity contribution is 7.14. The number of nitrogens with one attached hydrogen (secondary N) is 1. The highest BCUT2D eigenvalue weighted by Crippen LogP contribution is 2.26. The number of aromatic nitrogens is 1. The number of rotatable bonds is 7. The molecule has 30 heavy (non-hydrogen) atoms. The molecule has 0 fully saturated rings. The zero-order valence-corrected chi connectivity index (χ0v) is 18.2. The van der Waals surface area contributed by atoms with Crippen molar-refractivity contribution in [2.24, 2.45) is 0 Å². The fourth-order valence-corrected chi connectivity index (χ4v) is 3.88. The van der Waals surface area contributed by atoms with Crippen molar-refractivity contribution in [3.8, 4) is 10.6 Å². The highest BCUT2D eigenvalue weighted by atomic mass is 32.1. The second-order valence-electron chi connectivity index (χ2n) is 6.62. The van der Waals surface area contributed by atoms with Crippen molar-refractivity contribution in [3.05, 3.63) is 57.7 Å². The van der Waals surface area contributed by atoms with E-state index in [4.69, 9.17) is 9.47 Å². The van der Waals surface area contributed by atoms with Crippen LogP contribution in [-0.4, -0.2) is 35.0 Å². The number of amides is 1. The molecule has 0 spiro atoms. The number of anilines is 1. The van der Waals surface area contributed by atoms with E-state index in [1.165, 1.54) is 18.3 Å². The molecule has 0 saturated carbocycles. The van der Waals surface area contributed by atoms with Gasteiger partial charge in [-0.25, -0.2) is 14.6 Å². The molecule has 1 atom stereocenters. The minimum Gasteiger partial charge on any atom is -0.459 e. The molecule has 1 N–H and O–H groups in total. The number of hydrogen-bond donors (Lipinski definition) is 1. The summed E-state index contributed by atoms with van der Waals surface area (Å²) in [6.07, 6.45) is -1.24. The molecule has 1 unspecified atom stereocenters. The molecule has 2 heterocycles. The third kappa shape index (κ3) is 5.52. The average Bonchev–Trinajstić information content (AvgIpc) is 3.39. The maximum Gasteiger partial charge on any atom is 0.358 e. The van der Waals surface area contributed by atoms with Gasteiger partial charge in [0.1, 0.15) is 5.01 Å². The fourth-order valence-electron chi connectivity index (χ4n) is 2.38. The van der Waals surface area contributed by atoms with Crippen LogP contribution in [0.1, 0.15) is 41.6 Å². The van der Waals surface area contributed by atoms with Crippen LogP contribution in [0.15, 0.2) is 46.5 Å². The van der Waals surface area contributed by atoms with E-state index < -0.39 is 23.9 Å². The van der Waals surface area contributed by atoms with E-state index in [9.17, 15) is 14.4 Å². The Morgan fingerprint density at radius 1 is 0.967 bits per heavy atom. The smallest absolute Gasteiger partial charge is 0.358 e. The van der Waals surface area contributed by atoms with Crippen LogP contribution in [0, 0.1) is 0 Å². The Labute approximate surface area is 181 Å². The Morgan fingerprint density at radius 2 is 1.70 bits per heavy atom. The van der Waals surface area contributed by atoms with Crippen LogP contribution in [-0.2, 0) is 14.3 Å². The van der Waals surface area contributed by atoms with Gasteiger partial charge in [0.15, 0.2) is 11.8 Å². The van der Waals surface area contributed by atoms with Crippen LogP contribution < -0.4 is 5.32 Å². The molecule has 2 aromatic heterocycles. The molecule has 9 heteroatoms. The zero-order valence-electron chi connectivity index (χ0n) is 16.6. The number of carbonyl (C=O) groups is 3. The lowest BCUT2D eigenvalue weighted by atomic mass is 10.2. The quantitative estimate of drug-likeness (QED) is 0.534. The maximum absolute atomic E-state index is 12.3. The van der Waals surface area contributed by atoms with E-state index in [0.717, 1.165) is 10.6 Å². The summed E-state index contributed by atoms with van der Waals surface area (Å²) in [5.74, 6) is -1.59. The molecule has 1 amide bonds. The normalized spacial score (nSPS) is 11.7. The second-order valence-corrected chi connectivity index (χ2v) is 8.26. The Morgan fingerprint density at radius 3 is 2.33 bits per heavy atom. The van der Waals surface area contributed by atoms with Gasteiger partial charge in [-0.1, -0.05) is 0 Å². The van der Waals surface area contributed by atoms with E-state index >= 15 is 0 Å². The SMILES string of the molecule is CC(C)OC(=O)c1ccc(NC(=O)C(C)OC(=O)c2csc(-c3ccsc3)n2)cc1. The van der Waals surface area contributed by atoms with Crippen LogP contribution in [0.5, 0.6) is 0 Å². The number of thiazole rings is 1. The summed E-state index contributed by atoms with van der Waals surface area (Å²) >= 11 is 2.88. The molecular formula is C21H20N2O5S2. The number of thiophene rings is 1. The van der Waals surface area contributed by atoms with Crippen LogP contribution in [0.4, 0.5) is 5.69 Å². The van der Waals surface area contributed by atoms with E-state index in [2.05, 4.69) is 10.3 Å². The van der Waals surface area contributed by atoms with Gasteiger partial charge in [-0.05, 0) is 56.5 Å². The van der Waals surface area contributed by atoms with Crippen molar-refractivity contribution in [1.29, 1.82) is 0 Å². The third-order valence-electron chi connectivity index (χ3n) is 3.87. The van der Waals surface area contributed by atoms with Crippen LogP contribution in [0.2, 0.25) is 0 Å². The molecule has 0 bridgehead atoms. The predicted molar refractivity (Wildman–Crippen MR) is 116 cm³/mol. The minimum absolute atomic E-state index is 0.161. The number of carbonyl (C=O) groups excluding carboxylic acids is 3. The van der Waals surface area contributed by atoms with Crippen molar-refractivity contribution >= 4 is 46.2 Å². The van der Waals surface area contributed by atoms with E-state index in [1.807, 2.05) is 16.8 Å². The molecule has 0 saturated heterocycles. The van der Waals surface area contributed by atoms with Crippen LogP contribution in [0.3, 0.4) is 0 Å². The molecule has 0 aliphatic carbocycles. The minimum atomic E-state index is -1.02. The Hall–Kier alpha value is -3.04. The number of hydrogen-bond acceptors (Lipinski definition) is 8. The number of benzene rings is 1.